The number of rotatable bonds is 2. The van der Waals surface area contributed by atoms with Gasteiger partial charge in [-0.2, -0.15) is 0 Å². The van der Waals surface area contributed by atoms with Crippen LogP contribution in [0.5, 0.6) is 0 Å². The Bertz CT molecular complexity index is 610. The van der Waals surface area contributed by atoms with Gasteiger partial charge in [0.2, 0.25) is 0 Å². The molecule has 0 nitrogen and oxygen atoms in total. The zero-order chi connectivity index (χ0) is 14.2. The van der Waals surface area contributed by atoms with Crippen LogP contribution in [0.3, 0.4) is 0 Å². The monoisotopic (exact) mass is 352 g/mol. The summed E-state index contributed by atoms with van der Waals surface area (Å²) in [4.78, 5) is 0. The van der Waals surface area contributed by atoms with Crippen molar-refractivity contribution in [2.24, 2.45) is 0 Å². The minimum absolute atomic E-state index is 0.0137. The molecule has 0 N–H and O–H groups in total. The summed E-state index contributed by atoms with van der Waals surface area (Å²) in [6.45, 7) is 0. The van der Waals surface area contributed by atoms with Crippen molar-refractivity contribution in [2.75, 3.05) is 0 Å². The van der Waals surface area contributed by atoms with Crippen LogP contribution in [-0.2, 0) is 0 Å². The summed E-state index contributed by atoms with van der Waals surface area (Å²) in [5, 5.41) is -1.19. The number of hydrogen-bond donors (Lipinski definition) is 0. The van der Waals surface area contributed by atoms with Gasteiger partial charge in [0.15, 0.2) is 0 Å². The van der Waals surface area contributed by atoms with Crippen molar-refractivity contribution in [2.45, 2.75) is 5.38 Å². The molecular formula is C13H6BrClF4. The van der Waals surface area contributed by atoms with Crippen molar-refractivity contribution >= 4 is 27.5 Å². The van der Waals surface area contributed by atoms with E-state index in [1.165, 1.54) is 0 Å². The zero-order valence-electron chi connectivity index (χ0n) is 9.23. The Morgan fingerprint density at radius 1 is 0.842 bits per heavy atom. The summed E-state index contributed by atoms with van der Waals surface area (Å²) in [6.07, 6.45) is 0. The Balaban J connectivity index is 2.49. The average molecular weight is 354 g/mol. The number of benzene rings is 2. The highest BCUT2D eigenvalue weighted by molar-refractivity contribution is 9.10. The maximum atomic E-state index is 13.7. The third-order valence-corrected chi connectivity index (χ3v) is 3.58. The molecule has 2 aromatic rings. The predicted molar refractivity (Wildman–Crippen MR) is 68.1 cm³/mol. The second-order valence-corrected chi connectivity index (χ2v) is 5.14. The van der Waals surface area contributed by atoms with Crippen LogP contribution in [0.2, 0.25) is 0 Å². The highest BCUT2D eigenvalue weighted by Gasteiger charge is 2.19. The molecule has 1 unspecified atom stereocenters. The van der Waals surface area contributed by atoms with E-state index in [1.54, 1.807) is 0 Å². The lowest BCUT2D eigenvalue weighted by Crippen LogP contribution is -2.00. The van der Waals surface area contributed by atoms with Crippen molar-refractivity contribution in [3.05, 3.63) is 69.2 Å². The van der Waals surface area contributed by atoms with Gasteiger partial charge in [-0.3, -0.25) is 0 Å². The van der Waals surface area contributed by atoms with Gasteiger partial charge < -0.3 is 0 Å². The zero-order valence-corrected chi connectivity index (χ0v) is 11.6. The minimum atomic E-state index is -1.19. The molecule has 0 bridgehead atoms. The quantitative estimate of drug-likeness (QED) is 0.389. The van der Waals surface area contributed by atoms with Gasteiger partial charge in [-0.1, -0.05) is 0 Å². The van der Waals surface area contributed by atoms with Crippen LogP contribution in [0.4, 0.5) is 17.6 Å². The van der Waals surface area contributed by atoms with E-state index >= 15 is 0 Å². The van der Waals surface area contributed by atoms with Crippen LogP contribution in [0, 0.1) is 23.3 Å². The Labute approximate surface area is 120 Å². The fourth-order valence-electron chi connectivity index (χ4n) is 1.63. The van der Waals surface area contributed by atoms with Crippen molar-refractivity contribution in [1.82, 2.24) is 0 Å². The first-order valence-electron chi connectivity index (χ1n) is 5.13. The number of alkyl halides is 1. The molecule has 0 radical (unpaired) electrons. The molecule has 2 rings (SSSR count). The molecule has 0 amide bonds. The lowest BCUT2D eigenvalue weighted by molar-refractivity contribution is 0.573. The van der Waals surface area contributed by atoms with Crippen LogP contribution < -0.4 is 0 Å². The summed E-state index contributed by atoms with van der Waals surface area (Å²) < 4.78 is 53.2. The SMILES string of the molecule is Fc1cc(F)cc(C(Cl)c2cc(F)c(Br)cc2F)c1. The van der Waals surface area contributed by atoms with Crippen LogP contribution in [-0.4, -0.2) is 0 Å². The largest absolute Gasteiger partial charge is 0.207 e. The van der Waals surface area contributed by atoms with E-state index in [9.17, 15) is 17.6 Å². The topological polar surface area (TPSA) is 0 Å². The molecule has 0 aliphatic rings. The van der Waals surface area contributed by atoms with Crippen LogP contribution in [0.1, 0.15) is 16.5 Å². The summed E-state index contributed by atoms with van der Waals surface area (Å²) in [5.41, 5.74) is -0.174. The van der Waals surface area contributed by atoms with Gasteiger partial charge in [0, 0.05) is 11.6 Å². The highest BCUT2D eigenvalue weighted by Crippen LogP contribution is 2.33. The molecule has 0 saturated carbocycles. The smallest absolute Gasteiger partial charge is 0.137 e. The van der Waals surface area contributed by atoms with Crippen molar-refractivity contribution in [3.8, 4) is 0 Å². The second kappa shape index (κ2) is 5.51. The number of halogens is 6. The molecule has 0 saturated heterocycles. The van der Waals surface area contributed by atoms with Gasteiger partial charge in [0.1, 0.15) is 23.3 Å². The molecule has 100 valence electrons. The molecule has 6 heteroatoms. The molecule has 0 spiro atoms. The maximum Gasteiger partial charge on any atom is 0.137 e. The molecular weight excluding hydrogens is 347 g/mol. The van der Waals surface area contributed by atoms with Crippen molar-refractivity contribution in [3.63, 3.8) is 0 Å². The van der Waals surface area contributed by atoms with E-state index in [-0.39, 0.29) is 15.6 Å². The summed E-state index contributed by atoms with van der Waals surface area (Å²) in [5.74, 6) is -3.14. The second-order valence-electron chi connectivity index (χ2n) is 3.85. The normalized spacial score (nSPS) is 12.5. The molecule has 0 aromatic heterocycles. The van der Waals surface area contributed by atoms with E-state index in [2.05, 4.69) is 15.9 Å². The maximum absolute atomic E-state index is 13.7. The lowest BCUT2D eigenvalue weighted by Gasteiger charge is -2.12. The molecule has 0 aliphatic heterocycles. The van der Waals surface area contributed by atoms with Crippen molar-refractivity contribution < 1.29 is 17.6 Å². The summed E-state index contributed by atoms with van der Waals surface area (Å²) in [7, 11) is 0. The van der Waals surface area contributed by atoms with Crippen LogP contribution in [0.25, 0.3) is 0 Å². The molecule has 1 atom stereocenters. The molecule has 19 heavy (non-hydrogen) atoms. The molecule has 0 fully saturated rings. The Hall–Kier alpha value is -1.07. The fraction of sp³-hybridized carbons (Fsp3) is 0.0769. The molecule has 2 aromatic carbocycles. The van der Waals surface area contributed by atoms with Crippen molar-refractivity contribution in [1.29, 1.82) is 0 Å². The van der Waals surface area contributed by atoms with Gasteiger partial charge in [-0.25, -0.2) is 17.6 Å². The van der Waals surface area contributed by atoms with Gasteiger partial charge >= 0.3 is 0 Å². The summed E-state index contributed by atoms with van der Waals surface area (Å²) >= 11 is 8.78. The lowest BCUT2D eigenvalue weighted by atomic mass is 10.0. The van der Waals surface area contributed by atoms with E-state index in [1.807, 2.05) is 0 Å². The first kappa shape index (κ1) is 14.3. The first-order valence-corrected chi connectivity index (χ1v) is 6.36. The van der Waals surface area contributed by atoms with Crippen LogP contribution in [0.15, 0.2) is 34.8 Å². The third kappa shape index (κ3) is 3.09. The van der Waals surface area contributed by atoms with Gasteiger partial charge in [-0.05, 0) is 45.8 Å². The highest BCUT2D eigenvalue weighted by atomic mass is 79.9. The van der Waals surface area contributed by atoms with E-state index < -0.39 is 28.6 Å². The average Bonchev–Trinajstić information content (AvgIpc) is 2.31. The standard InChI is InChI=1S/C13H6BrClF4/c14-10-5-11(18)9(4-12(10)19)13(15)6-1-7(16)3-8(17)2-6/h1-5,13H. The molecule has 0 aliphatic carbocycles. The Morgan fingerprint density at radius 2 is 1.42 bits per heavy atom. The van der Waals surface area contributed by atoms with Gasteiger partial charge in [-0.15, -0.1) is 11.6 Å². The van der Waals surface area contributed by atoms with E-state index in [4.69, 9.17) is 11.6 Å². The Kier molecular flexibility index (Phi) is 4.16. The Morgan fingerprint density at radius 3 is 2.00 bits per heavy atom. The first-order chi connectivity index (χ1) is 8.88. The van der Waals surface area contributed by atoms with Crippen LogP contribution >= 0.6 is 27.5 Å². The van der Waals surface area contributed by atoms with E-state index in [0.29, 0.717) is 6.07 Å². The summed E-state index contributed by atoms with van der Waals surface area (Å²) in [6, 6.07) is 4.42. The molecule has 0 heterocycles. The predicted octanol–water partition coefficient (Wildman–Crippen LogP) is 5.33. The number of hydrogen-bond acceptors (Lipinski definition) is 0. The van der Waals surface area contributed by atoms with Gasteiger partial charge in [0.25, 0.3) is 0 Å². The van der Waals surface area contributed by atoms with E-state index in [0.717, 1.165) is 24.3 Å². The third-order valence-electron chi connectivity index (χ3n) is 2.49. The minimum Gasteiger partial charge on any atom is -0.207 e. The fourth-order valence-corrected chi connectivity index (χ4v) is 2.24. The van der Waals surface area contributed by atoms with Gasteiger partial charge in [0.05, 0.1) is 9.85 Å².